The van der Waals surface area contributed by atoms with E-state index in [9.17, 15) is 10.1 Å². The summed E-state index contributed by atoms with van der Waals surface area (Å²) in [4.78, 5) is 13.0. The van der Waals surface area contributed by atoms with Crippen molar-refractivity contribution >= 4 is 22.7 Å². The van der Waals surface area contributed by atoms with Gasteiger partial charge in [-0.1, -0.05) is 0 Å². The van der Waals surface area contributed by atoms with Gasteiger partial charge in [0.1, 0.15) is 0 Å². The van der Waals surface area contributed by atoms with Crippen LogP contribution in [-0.4, -0.2) is 4.92 Å². The Labute approximate surface area is 115 Å². The second kappa shape index (κ2) is 5.01. The van der Waals surface area contributed by atoms with Gasteiger partial charge in [-0.2, -0.15) is 0 Å². The van der Waals surface area contributed by atoms with Gasteiger partial charge in [-0.15, -0.1) is 11.3 Å². The number of thiophene rings is 1. The Balaban J connectivity index is 1.63. The van der Waals surface area contributed by atoms with E-state index in [1.807, 2.05) is 11.3 Å². The minimum atomic E-state index is -0.381. The first-order chi connectivity index (χ1) is 9.22. The van der Waals surface area contributed by atoms with E-state index in [2.05, 4.69) is 11.4 Å². The Morgan fingerprint density at radius 2 is 2.05 bits per heavy atom. The average molecular weight is 274 g/mol. The molecule has 1 aromatic heterocycles. The highest BCUT2D eigenvalue weighted by Gasteiger charge is 2.14. The van der Waals surface area contributed by atoms with E-state index >= 15 is 0 Å². The summed E-state index contributed by atoms with van der Waals surface area (Å²) in [7, 11) is 0. The molecule has 5 heteroatoms. The van der Waals surface area contributed by atoms with Gasteiger partial charge >= 0.3 is 0 Å². The minimum Gasteiger partial charge on any atom is -0.380 e. The Morgan fingerprint density at radius 3 is 2.74 bits per heavy atom. The molecule has 0 radical (unpaired) electrons. The number of nitro benzene ring substituents is 1. The molecule has 3 rings (SSSR count). The second-order valence-electron chi connectivity index (χ2n) is 4.67. The SMILES string of the molecule is O=[N+]([O-])c1ccc(NCc2cc3c(s2)CCC3)cc1. The third-order valence-corrected chi connectivity index (χ3v) is 4.58. The maximum absolute atomic E-state index is 10.6. The van der Waals surface area contributed by atoms with Gasteiger partial charge in [0.05, 0.1) is 4.92 Å². The van der Waals surface area contributed by atoms with E-state index in [0.29, 0.717) is 0 Å². The molecule has 1 aliphatic carbocycles. The summed E-state index contributed by atoms with van der Waals surface area (Å²) < 4.78 is 0. The standard InChI is InChI=1S/C14H14N2O2S/c17-16(18)12-6-4-11(5-7-12)15-9-13-8-10-2-1-3-14(10)19-13/h4-8,15H,1-3,9H2. The number of non-ortho nitro benzene ring substituents is 1. The minimum absolute atomic E-state index is 0.126. The van der Waals surface area contributed by atoms with Crippen molar-refractivity contribution in [2.45, 2.75) is 25.8 Å². The largest absolute Gasteiger partial charge is 0.380 e. The molecule has 4 nitrogen and oxygen atoms in total. The van der Waals surface area contributed by atoms with Crippen molar-refractivity contribution in [2.24, 2.45) is 0 Å². The fourth-order valence-corrected chi connectivity index (χ4v) is 3.57. The van der Waals surface area contributed by atoms with Gasteiger partial charge in [0.15, 0.2) is 0 Å². The van der Waals surface area contributed by atoms with Crippen LogP contribution in [0.3, 0.4) is 0 Å². The Bertz CT molecular complexity index is 583. The third kappa shape index (κ3) is 2.61. The van der Waals surface area contributed by atoms with Crippen molar-refractivity contribution in [1.82, 2.24) is 0 Å². The lowest BCUT2D eigenvalue weighted by Crippen LogP contribution is -1.97. The first-order valence-electron chi connectivity index (χ1n) is 6.31. The molecule has 1 heterocycles. The van der Waals surface area contributed by atoms with Gasteiger partial charge in [-0.05, 0) is 43.0 Å². The van der Waals surface area contributed by atoms with Crippen LogP contribution in [0.15, 0.2) is 30.3 Å². The highest BCUT2D eigenvalue weighted by atomic mass is 32.1. The van der Waals surface area contributed by atoms with Crippen LogP contribution < -0.4 is 5.32 Å². The molecule has 0 atom stereocenters. The fraction of sp³-hybridized carbons (Fsp3) is 0.286. The van der Waals surface area contributed by atoms with E-state index < -0.39 is 0 Å². The zero-order valence-electron chi connectivity index (χ0n) is 10.4. The summed E-state index contributed by atoms with van der Waals surface area (Å²) in [6.45, 7) is 0.787. The summed E-state index contributed by atoms with van der Waals surface area (Å²) in [6.07, 6.45) is 3.72. The molecular weight excluding hydrogens is 260 g/mol. The van der Waals surface area contributed by atoms with Gasteiger partial charge < -0.3 is 5.32 Å². The molecule has 0 saturated carbocycles. The number of anilines is 1. The number of hydrogen-bond donors (Lipinski definition) is 1. The van der Waals surface area contributed by atoms with Crippen LogP contribution in [0.4, 0.5) is 11.4 Å². The van der Waals surface area contributed by atoms with E-state index in [4.69, 9.17) is 0 Å². The van der Waals surface area contributed by atoms with Gasteiger partial charge in [0.25, 0.3) is 5.69 Å². The molecule has 1 N–H and O–H groups in total. The molecular formula is C14H14N2O2S. The number of aryl methyl sites for hydroxylation is 2. The van der Waals surface area contributed by atoms with Crippen molar-refractivity contribution in [3.05, 3.63) is 55.8 Å². The molecule has 0 fully saturated rings. The summed E-state index contributed by atoms with van der Waals surface area (Å²) >= 11 is 1.88. The van der Waals surface area contributed by atoms with Crippen LogP contribution in [0.5, 0.6) is 0 Å². The maximum Gasteiger partial charge on any atom is 0.269 e. The van der Waals surface area contributed by atoms with Crippen molar-refractivity contribution < 1.29 is 4.92 Å². The number of nitro groups is 1. The molecule has 2 aromatic rings. The first-order valence-corrected chi connectivity index (χ1v) is 7.13. The Kier molecular flexibility index (Phi) is 3.21. The number of nitrogens with one attached hydrogen (secondary N) is 1. The molecule has 0 bridgehead atoms. The fourth-order valence-electron chi connectivity index (χ4n) is 2.37. The van der Waals surface area contributed by atoms with Crippen LogP contribution in [0.25, 0.3) is 0 Å². The van der Waals surface area contributed by atoms with E-state index in [0.717, 1.165) is 12.2 Å². The first kappa shape index (κ1) is 12.2. The highest BCUT2D eigenvalue weighted by Crippen LogP contribution is 2.31. The van der Waals surface area contributed by atoms with E-state index in [1.54, 1.807) is 12.1 Å². The number of rotatable bonds is 4. The smallest absolute Gasteiger partial charge is 0.269 e. The van der Waals surface area contributed by atoms with Crippen molar-refractivity contribution in [2.75, 3.05) is 5.32 Å². The van der Waals surface area contributed by atoms with Crippen LogP contribution in [0.1, 0.15) is 21.7 Å². The predicted molar refractivity (Wildman–Crippen MR) is 76.8 cm³/mol. The molecule has 0 amide bonds. The second-order valence-corrected chi connectivity index (χ2v) is 5.89. The molecule has 19 heavy (non-hydrogen) atoms. The van der Waals surface area contributed by atoms with Crippen LogP contribution in [0, 0.1) is 10.1 Å². The Hall–Kier alpha value is -1.88. The topological polar surface area (TPSA) is 55.2 Å². The predicted octanol–water partition coefficient (Wildman–Crippen LogP) is 3.76. The molecule has 1 aliphatic rings. The number of fused-ring (bicyclic) bond motifs is 1. The quantitative estimate of drug-likeness (QED) is 0.682. The van der Waals surface area contributed by atoms with Crippen LogP contribution >= 0.6 is 11.3 Å². The molecule has 98 valence electrons. The monoisotopic (exact) mass is 274 g/mol. The summed E-state index contributed by atoms with van der Waals surface area (Å²) in [5.74, 6) is 0. The number of nitrogens with zero attached hydrogens (tertiary/aromatic N) is 1. The van der Waals surface area contributed by atoms with Gasteiger partial charge in [-0.25, -0.2) is 0 Å². The van der Waals surface area contributed by atoms with Crippen LogP contribution in [0.2, 0.25) is 0 Å². The lowest BCUT2D eigenvalue weighted by molar-refractivity contribution is -0.384. The molecule has 0 unspecified atom stereocenters. The Morgan fingerprint density at radius 1 is 1.26 bits per heavy atom. The molecule has 0 saturated heterocycles. The normalized spacial score (nSPS) is 13.3. The zero-order valence-corrected chi connectivity index (χ0v) is 11.2. The lowest BCUT2D eigenvalue weighted by atomic mass is 10.2. The van der Waals surface area contributed by atoms with E-state index in [1.165, 1.54) is 46.7 Å². The van der Waals surface area contributed by atoms with Gasteiger partial charge in [0.2, 0.25) is 0 Å². The highest BCUT2D eigenvalue weighted by molar-refractivity contribution is 7.12. The lowest BCUT2D eigenvalue weighted by Gasteiger charge is -2.04. The van der Waals surface area contributed by atoms with Crippen molar-refractivity contribution in [3.8, 4) is 0 Å². The number of benzene rings is 1. The molecule has 1 aromatic carbocycles. The summed E-state index contributed by atoms with van der Waals surface area (Å²) in [6, 6.07) is 8.83. The average Bonchev–Trinajstić information content (AvgIpc) is 2.97. The van der Waals surface area contributed by atoms with Crippen LogP contribution in [-0.2, 0) is 19.4 Å². The molecule has 0 spiro atoms. The van der Waals surface area contributed by atoms with E-state index in [-0.39, 0.29) is 10.6 Å². The van der Waals surface area contributed by atoms with Crippen molar-refractivity contribution in [3.63, 3.8) is 0 Å². The number of hydrogen-bond acceptors (Lipinski definition) is 4. The third-order valence-electron chi connectivity index (χ3n) is 3.34. The summed E-state index contributed by atoms with van der Waals surface area (Å²) in [5, 5.41) is 13.9. The zero-order chi connectivity index (χ0) is 13.2. The van der Waals surface area contributed by atoms with Gasteiger partial charge in [-0.3, -0.25) is 10.1 Å². The molecule has 0 aliphatic heterocycles. The summed E-state index contributed by atoms with van der Waals surface area (Å²) in [5.41, 5.74) is 2.55. The van der Waals surface area contributed by atoms with Crippen molar-refractivity contribution in [1.29, 1.82) is 0 Å². The van der Waals surface area contributed by atoms with Gasteiger partial charge in [0, 0.05) is 34.1 Å². The maximum atomic E-state index is 10.6.